The molecule has 0 radical (unpaired) electrons. The zero-order chi connectivity index (χ0) is 21.0. The summed E-state index contributed by atoms with van der Waals surface area (Å²) in [5.74, 6) is -1.67. The summed E-state index contributed by atoms with van der Waals surface area (Å²) in [5, 5.41) is 2.75. The van der Waals surface area contributed by atoms with Gasteiger partial charge < -0.3 is 14.8 Å². The number of aryl methyl sites for hydroxylation is 1. The number of hydrogen-bond donors (Lipinski definition) is 1. The summed E-state index contributed by atoms with van der Waals surface area (Å²) in [6.07, 6.45) is 1.77. The number of rotatable bonds is 8. The van der Waals surface area contributed by atoms with Crippen molar-refractivity contribution >= 4 is 23.3 Å². The number of carbonyl (C=O) groups is 3. The van der Waals surface area contributed by atoms with Gasteiger partial charge in [-0.1, -0.05) is 11.6 Å². The monoisotopic (exact) mass is 403 g/mol. The minimum atomic E-state index is -3.08. The molecule has 0 unspecified atom stereocenters. The first-order valence-electron chi connectivity index (χ1n) is 9.00. The van der Waals surface area contributed by atoms with Gasteiger partial charge in [-0.15, -0.1) is 0 Å². The lowest BCUT2D eigenvalue weighted by molar-refractivity contribution is -0.117. The zero-order valence-corrected chi connectivity index (χ0v) is 15.6. The molecule has 0 atom stereocenters. The molecule has 152 valence electrons. The summed E-state index contributed by atoms with van der Waals surface area (Å²) < 4.78 is 34.4. The standard InChI is InChI=1S/C21H19F2NO5/c1-12-2-9-18(29-21(22)23)16(10-12)17(25)11-28-20(27)14-5-7-15(8-6-14)24-19(26)13-3-4-13/h2,5-10,13,21H,3-4,11H2,1H3,(H,24,26). The van der Waals surface area contributed by atoms with Crippen molar-refractivity contribution in [2.75, 3.05) is 11.9 Å². The number of nitrogens with one attached hydrogen (secondary N) is 1. The Labute approximate surface area is 165 Å². The van der Waals surface area contributed by atoms with E-state index in [9.17, 15) is 23.2 Å². The molecule has 6 nitrogen and oxygen atoms in total. The molecule has 1 saturated carbocycles. The molecular formula is C21H19F2NO5. The molecule has 0 heterocycles. The molecule has 2 aromatic carbocycles. The highest BCUT2D eigenvalue weighted by Crippen LogP contribution is 2.30. The van der Waals surface area contributed by atoms with E-state index in [0.717, 1.165) is 12.8 Å². The van der Waals surface area contributed by atoms with Crippen molar-refractivity contribution in [3.63, 3.8) is 0 Å². The fourth-order valence-corrected chi connectivity index (χ4v) is 2.63. The summed E-state index contributed by atoms with van der Waals surface area (Å²) in [7, 11) is 0. The summed E-state index contributed by atoms with van der Waals surface area (Å²) in [6, 6.07) is 10.3. The van der Waals surface area contributed by atoms with E-state index in [2.05, 4.69) is 10.1 Å². The zero-order valence-electron chi connectivity index (χ0n) is 15.6. The summed E-state index contributed by atoms with van der Waals surface area (Å²) in [5.41, 5.74) is 1.33. The van der Waals surface area contributed by atoms with Crippen molar-refractivity contribution in [1.29, 1.82) is 0 Å². The van der Waals surface area contributed by atoms with E-state index in [0.29, 0.717) is 11.3 Å². The molecule has 1 amide bonds. The third kappa shape index (κ3) is 5.60. The molecule has 1 fully saturated rings. The van der Waals surface area contributed by atoms with Crippen LogP contribution in [-0.4, -0.2) is 30.9 Å². The number of anilines is 1. The van der Waals surface area contributed by atoms with E-state index in [4.69, 9.17) is 4.74 Å². The number of esters is 1. The molecule has 0 spiro atoms. The number of benzene rings is 2. The van der Waals surface area contributed by atoms with Gasteiger partial charge in [-0.3, -0.25) is 9.59 Å². The molecule has 29 heavy (non-hydrogen) atoms. The van der Waals surface area contributed by atoms with Crippen LogP contribution in [0.1, 0.15) is 39.1 Å². The second kappa shape index (κ2) is 8.81. The summed E-state index contributed by atoms with van der Waals surface area (Å²) >= 11 is 0. The van der Waals surface area contributed by atoms with Crippen LogP contribution >= 0.6 is 0 Å². The maximum absolute atomic E-state index is 12.5. The van der Waals surface area contributed by atoms with Crippen LogP contribution in [0.15, 0.2) is 42.5 Å². The fourth-order valence-electron chi connectivity index (χ4n) is 2.63. The van der Waals surface area contributed by atoms with Crippen LogP contribution in [-0.2, 0) is 9.53 Å². The Morgan fingerprint density at radius 2 is 1.79 bits per heavy atom. The molecule has 1 N–H and O–H groups in total. The van der Waals surface area contributed by atoms with Crippen LogP contribution in [0, 0.1) is 12.8 Å². The van der Waals surface area contributed by atoms with Crippen molar-refractivity contribution in [2.24, 2.45) is 5.92 Å². The van der Waals surface area contributed by atoms with Gasteiger partial charge in [0.05, 0.1) is 11.1 Å². The molecule has 2 aromatic rings. The molecule has 0 aromatic heterocycles. The normalized spacial score (nSPS) is 13.1. The Morgan fingerprint density at radius 3 is 2.41 bits per heavy atom. The van der Waals surface area contributed by atoms with Gasteiger partial charge in [0.1, 0.15) is 5.75 Å². The Kier molecular flexibility index (Phi) is 6.21. The van der Waals surface area contributed by atoms with E-state index in [1.54, 1.807) is 19.1 Å². The number of halogens is 2. The van der Waals surface area contributed by atoms with Crippen molar-refractivity contribution in [3.8, 4) is 5.75 Å². The Bertz CT molecular complexity index is 923. The molecule has 0 saturated heterocycles. The van der Waals surface area contributed by atoms with Gasteiger partial charge >= 0.3 is 12.6 Å². The predicted octanol–water partition coefficient (Wildman–Crippen LogP) is 3.98. The van der Waals surface area contributed by atoms with Crippen LogP contribution in [0.2, 0.25) is 0 Å². The smallest absolute Gasteiger partial charge is 0.387 e. The highest BCUT2D eigenvalue weighted by atomic mass is 19.3. The number of amides is 1. The van der Waals surface area contributed by atoms with Crippen molar-refractivity contribution < 1.29 is 32.6 Å². The molecule has 0 aliphatic heterocycles. The number of carbonyl (C=O) groups excluding carboxylic acids is 3. The van der Waals surface area contributed by atoms with E-state index in [-0.39, 0.29) is 28.7 Å². The lowest BCUT2D eigenvalue weighted by atomic mass is 10.1. The van der Waals surface area contributed by atoms with E-state index < -0.39 is 25.0 Å². The second-order valence-electron chi connectivity index (χ2n) is 6.72. The first-order chi connectivity index (χ1) is 13.8. The highest BCUT2D eigenvalue weighted by Gasteiger charge is 2.29. The predicted molar refractivity (Wildman–Crippen MR) is 100 cm³/mol. The lowest BCUT2D eigenvalue weighted by Gasteiger charge is -2.11. The Morgan fingerprint density at radius 1 is 1.10 bits per heavy atom. The average Bonchev–Trinajstić information content (AvgIpc) is 3.53. The molecule has 8 heteroatoms. The van der Waals surface area contributed by atoms with Crippen molar-refractivity contribution in [2.45, 2.75) is 26.4 Å². The van der Waals surface area contributed by atoms with Gasteiger partial charge in [0.15, 0.2) is 6.61 Å². The van der Waals surface area contributed by atoms with Crippen LogP contribution < -0.4 is 10.1 Å². The van der Waals surface area contributed by atoms with Crippen LogP contribution in [0.4, 0.5) is 14.5 Å². The minimum Gasteiger partial charge on any atom is -0.454 e. The van der Waals surface area contributed by atoms with Gasteiger partial charge in [0.2, 0.25) is 11.7 Å². The SMILES string of the molecule is Cc1ccc(OC(F)F)c(C(=O)COC(=O)c2ccc(NC(=O)C3CC3)cc2)c1. The summed E-state index contributed by atoms with van der Waals surface area (Å²) in [6.45, 7) is -2.01. The highest BCUT2D eigenvalue weighted by molar-refractivity contribution is 6.01. The average molecular weight is 403 g/mol. The number of ketones is 1. The Balaban J connectivity index is 1.59. The van der Waals surface area contributed by atoms with Crippen LogP contribution in [0.25, 0.3) is 0 Å². The first kappa shape index (κ1) is 20.4. The van der Waals surface area contributed by atoms with Crippen molar-refractivity contribution in [3.05, 3.63) is 59.2 Å². The van der Waals surface area contributed by atoms with Crippen LogP contribution in [0.3, 0.4) is 0 Å². The molecule has 3 rings (SSSR count). The number of ether oxygens (including phenoxy) is 2. The molecular weight excluding hydrogens is 384 g/mol. The van der Waals surface area contributed by atoms with E-state index in [1.165, 1.54) is 30.3 Å². The molecule has 1 aliphatic carbocycles. The van der Waals surface area contributed by atoms with Gasteiger partial charge in [-0.25, -0.2) is 4.79 Å². The number of hydrogen-bond acceptors (Lipinski definition) is 5. The van der Waals surface area contributed by atoms with Gasteiger partial charge in [0, 0.05) is 11.6 Å². The number of Topliss-reactive ketones (excluding diaryl/α,β-unsaturated/α-hetero) is 1. The van der Waals surface area contributed by atoms with Crippen molar-refractivity contribution in [1.82, 2.24) is 0 Å². The maximum atomic E-state index is 12.5. The minimum absolute atomic E-state index is 0.0501. The third-order valence-electron chi connectivity index (χ3n) is 4.32. The van der Waals surface area contributed by atoms with Gasteiger partial charge in [0.25, 0.3) is 0 Å². The maximum Gasteiger partial charge on any atom is 0.387 e. The topological polar surface area (TPSA) is 81.7 Å². The Hall–Kier alpha value is -3.29. The summed E-state index contributed by atoms with van der Waals surface area (Å²) in [4.78, 5) is 36.2. The second-order valence-corrected chi connectivity index (χ2v) is 6.72. The molecule has 0 bridgehead atoms. The van der Waals surface area contributed by atoms with Gasteiger partial charge in [-0.05, 0) is 56.2 Å². The first-order valence-corrected chi connectivity index (χ1v) is 9.00. The fraction of sp³-hybridized carbons (Fsp3) is 0.286. The lowest BCUT2D eigenvalue weighted by Crippen LogP contribution is -2.16. The third-order valence-corrected chi connectivity index (χ3v) is 4.32. The van der Waals surface area contributed by atoms with E-state index >= 15 is 0 Å². The number of alkyl halides is 2. The van der Waals surface area contributed by atoms with E-state index in [1.807, 2.05) is 0 Å². The van der Waals surface area contributed by atoms with Gasteiger partial charge in [-0.2, -0.15) is 8.78 Å². The van der Waals surface area contributed by atoms with Crippen LogP contribution in [0.5, 0.6) is 5.75 Å². The largest absolute Gasteiger partial charge is 0.454 e. The quantitative estimate of drug-likeness (QED) is 0.533. The molecule has 1 aliphatic rings.